The maximum Gasteiger partial charge on any atom is 0.252 e. The Morgan fingerprint density at radius 3 is 2.30 bits per heavy atom. The molecular formula is C34H40N8O5. The maximum atomic E-state index is 14.5. The molecule has 4 rings (SSSR count). The van der Waals surface area contributed by atoms with E-state index in [1.54, 1.807) is 12.1 Å². The van der Waals surface area contributed by atoms with Gasteiger partial charge in [-0.25, -0.2) is 4.99 Å². The first-order valence-corrected chi connectivity index (χ1v) is 15.6. The van der Waals surface area contributed by atoms with Crippen LogP contribution in [0.2, 0.25) is 0 Å². The number of ether oxygens (including phenoxy) is 3. The minimum atomic E-state index is -1.50. The highest BCUT2D eigenvalue weighted by atomic mass is 16.5. The highest BCUT2D eigenvalue weighted by Gasteiger charge is 2.54. The molecule has 0 fully saturated rings. The Balaban J connectivity index is 1.82. The molecule has 0 spiro atoms. The Morgan fingerprint density at radius 2 is 1.62 bits per heavy atom. The molecule has 0 bridgehead atoms. The molecule has 0 aromatic heterocycles. The summed E-state index contributed by atoms with van der Waals surface area (Å²) >= 11 is 0. The van der Waals surface area contributed by atoms with Gasteiger partial charge in [0.05, 0.1) is 25.8 Å². The summed E-state index contributed by atoms with van der Waals surface area (Å²) in [4.78, 5) is 25.5. The number of hydrogen-bond acceptors (Lipinski definition) is 8. The summed E-state index contributed by atoms with van der Waals surface area (Å²) in [6.07, 6.45) is 0.411. The average molecular weight is 641 g/mol. The van der Waals surface area contributed by atoms with Crippen molar-refractivity contribution in [3.8, 4) is 5.75 Å². The van der Waals surface area contributed by atoms with Crippen LogP contribution in [0.15, 0.2) is 88.0 Å². The molecule has 2 atom stereocenters. The van der Waals surface area contributed by atoms with E-state index in [9.17, 15) is 4.79 Å². The molecule has 3 aromatic rings. The van der Waals surface area contributed by atoms with Crippen LogP contribution in [0.1, 0.15) is 60.6 Å². The zero-order chi connectivity index (χ0) is 33.5. The van der Waals surface area contributed by atoms with Gasteiger partial charge in [0.25, 0.3) is 5.91 Å². The first-order chi connectivity index (χ1) is 22.9. The van der Waals surface area contributed by atoms with Crippen molar-refractivity contribution in [2.24, 2.45) is 15.2 Å². The molecule has 0 aliphatic carbocycles. The third-order valence-corrected chi connectivity index (χ3v) is 7.61. The number of aliphatic hydroxyl groups excluding tert-OH is 1. The number of carbonyl (C=O) groups is 1. The van der Waals surface area contributed by atoms with E-state index < -0.39 is 11.6 Å². The molecule has 0 unspecified atom stereocenters. The normalized spacial score (nSPS) is 16.9. The average Bonchev–Trinajstić information content (AvgIpc) is 3.47. The number of hydrogen-bond donors (Lipinski definition) is 2. The molecule has 13 nitrogen and oxygen atoms in total. The van der Waals surface area contributed by atoms with Gasteiger partial charge in [-0.1, -0.05) is 58.8 Å². The van der Waals surface area contributed by atoms with Crippen molar-refractivity contribution in [2.75, 3.05) is 26.4 Å². The fraction of sp³-hybridized carbons (Fsp3) is 0.412. The first kappa shape index (κ1) is 34.8. The van der Waals surface area contributed by atoms with Crippen LogP contribution >= 0.6 is 0 Å². The number of nitrogens with zero attached hydrogens (tertiary/aromatic N) is 7. The van der Waals surface area contributed by atoms with Crippen LogP contribution in [-0.4, -0.2) is 54.9 Å². The molecular weight excluding hydrogens is 600 g/mol. The minimum Gasteiger partial charge on any atom is -0.494 e. The van der Waals surface area contributed by atoms with Crippen LogP contribution in [0.25, 0.3) is 20.9 Å². The largest absolute Gasteiger partial charge is 0.494 e. The van der Waals surface area contributed by atoms with E-state index in [1.165, 1.54) is 0 Å². The molecule has 1 aliphatic heterocycles. The van der Waals surface area contributed by atoms with Gasteiger partial charge in [0.1, 0.15) is 5.75 Å². The van der Waals surface area contributed by atoms with E-state index in [0.717, 1.165) is 11.1 Å². The van der Waals surface area contributed by atoms with E-state index in [1.807, 2.05) is 74.5 Å². The third-order valence-electron chi connectivity index (χ3n) is 7.61. The van der Waals surface area contributed by atoms with Crippen molar-refractivity contribution < 1.29 is 24.1 Å². The van der Waals surface area contributed by atoms with E-state index in [-0.39, 0.29) is 44.0 Å². The number of azide groups is 2. The Bertz CT molecular complexity index is 1620. The molecule has 0 saturated heterocycles. The van der Waals surface area contributed by atoms with Gasteiger partial charge in [0, 0.05) is 48.0 Å². The molecule has 47 heavy (non-hydrogen) atoms. The molecule has 1 amide bonds. The van der Waals surface area contributed by atoms with Crippen LogP contribution < -0.4 is 10.1 Å². The number of nitrogens with one attached hydrogen (secondary N) is 1. The van der Waals surface area contributed by atoms with Crippen molar-refractivity contribution in [2.45, 2.75) is 63.9 Å². The summed E-state index contributed by atoms with van der Waals surface area (Å²) < 4.78 is 18.0. The highest BCUT2D eigenvalue weighted by molar-refractivity contribution is 6.01. The van der Waals surface area contributed by atoms with Crippen molar-refractivity contribution in [3.63, 3.8) is 0 Å². The summed E-state index contributed by atoms with van der Waals surface area (Å²) in [7, 11) is 0. The number of carbonyl (C=O) groups excluding carboxylic acids is 1. The SMILES string of the molecule is CC(C)OCCCNC(=O)[C@]1(Cc2ccccc2CN=[N+]=[N-])N=C(c2ccc(OCCCO)cc2)O[C@@H]1c1ccccc1CN=[N+]=[N-]. The number of aliphatic imine (C=N–C) groups is 1. The van der Waals surface area contributed by atoms with Gasteiger partial charge in [-0.05, 0) is 77.8 Å². The second-order valence-corrected chi connectivity index (χ2v) is 11.2. The van der Waals surface area contributed by atoms with Crippen LogP contribution in [0.3, 0.4) is 0 Å². The van der Waals surface area contributed by atoms with Crippen LogP contribution in [0.5, 0.6) is 5.75 Å². The number of aliphatic hydroxyl groups is 1. The summed E-state index contributed by atoms with van der Waals surface area (Å²) in [5.41, 5.74) is 20.2. The zero-order valence-electron chi connectivity index (χ0n) is 26.7. The second kappa shape index (κ2) is 17.6. The number of rotatable bonds is 18. The van der Waals surface area contributed by atoms with E-state index >= 15 is 0 Å². The van der Waals surface area contributed by atoms with Crippen molar-refractivity contribution in [1.29, 1.82) is 0 Å². The third kappa shape index (κ3) is 9.25. The zero-order valence-corrected chi connectivity index (χ0v) is 26.7. The topological polar surface area (TPSA) is 187 Å². The fourth-order valence-corrected chi connectivity index (χ4v) is 5.33. The molecule has 246 valence electrons. The Morgan fingerprint density at radius 1 is 0.957 bits per heavy atom. The lowest BCUT2D eigenvalue weighted by atomic mass is 9.79. The quantitative estimate of drug-likeness (QED) is 0.0694. The lowest BCUT2D eigenvalue weighted by Gasteiger charge is -2.32. The fourth-order valence-electron chi connectivity index (χ4n) is 5.33. The van der Waals surface area contributed by atoms with Crippen molar-refractivity contribution in [1.82, 2.24) is 5.32 Å². The Kier molecular flexibility index (Phi) is 13.0. The summed E-state index contributed by atoms with van der Waals surface area (Å²) in [6.45, 7) is 5.31. The van der Waals surface area contributed by atoms with E-state index in [2.05, 4.69) is 25.4 Å². The van der Waals surface area contributed by atoms with Gasteiger partial charge in [-0.3, -0.25) is 4.79 Å². The maximum absolute atomic E-state index is 14.5. The lowest BCUT2D eigenvalue weighted by molar-refractivity contribution is -0.129. The van der Waals surface area contributed by atoms with Crippen LogP contribution in [0.4, 0.5) is 0 Å². The van der Waals surface area contributed by atoms with Gasteiger partial charge < -0.3 is 24.6 Å². The molecule has 13 heteroatoms. The second-order valence-electron chi connectivity index (χ2n) is 11.2. The first-order valence-electron chi connectivity index (χ1n) is 15.6. The molecule has 3 aromatic carbocycles. The van der Waals surface area contributed by atoms with E-state index in [0.29, 0.717) is 55.0 Å². The number of amides is 1. The van der Waals surface area contributed by atoms with Gasteiger partial charge in [0.2, 0.25) is 5.90 Å². The standard InChI is InChI=1S/C34H40N8O5/c1-24(2)45-19-7-17-37-33(44)34(21-26-9-3-4-10-27(26)22-38-41-35)31(30-12-6-5-11-28(30)23-39-42-36)47-32(40-34)25-13-15-29(16-14-25)46-20-8-18-43/h3-6,9-16,24,31,43H,7-8,17-23H2,1-2H3,(H,37,44)/t31-,34-/m1/s1. The summed E-state index contributed by atoms with van der Waals surface area (Å²) in [6, 6.07) is 22.0. The summed E-state index contributed by atoms with van der Waals surface area (Å²) in [5.74, 6) is 0.543. The van der Waals surface area contributed by atoms with Gasteiger partial charge in [-0.15, -0.1) is 0 Å². The minimum absolute atomic E-state index is 0.0339. The molecule has 0 saturated carbocycles. The smallest absolute Gasteiger partial charge is 0.252 e. The summed E-state index contributed by atoms with van der Waals surface area (Å²) in [5, 5.41) is 19.7. The van der Waals surface area contributed by atoms with Crippen molar-refractivity contribution in [3.05, 3.63) is 121 Å². The Hall–Kier alpha value is -5.06. The molecule has 1 aliphatic rings. The van der Waals surface area contributed by atoms with Gasteiger partial charge in [-0.2, -0.15) is 0 Å². The monoisotopic (exact) mass is 640 g/mol. The highest BCUT2D eigenvalue weighted by Crippen LogP contribution is 2.44. The molecule has 2 N–H and O–H groups in total. The predicted octanol–water partition coefficient (Wildman–Crippen LogP) is 6.50. The Labute approximate surface area is 273 Å². The predicted molar refractivity (Wildman–Crippen MR) is 178 cm³/mol. The lowest BCUT2D eigenvalue weighted by Crippen LogP contribution is -2.50. The van der Waals surface area contributed by atoms with E-state index in [4.69, 9.17) is 35.4 Å². The molecule has 1 heterocycles. The molecule has 0 radical (unpaired) electrons. The van der Waals surface area contributed by atoms with Gasteiger partial charge >= 0.3 is 0 Å². The van der Waals surface area contributed by atoms with Gasteiger partial charge in [0.15, 0.2) is 11.6 Å². The number of benzene rings is 3. The van der Waals surface area contributed by atoms with Crippen LogP contribution in [-0.2, 0) is 33.8 Å². The van der Waals surface area contributed by atoms with Crippen molar-refractivity contribution >= 4 is 11.8 Å². The van der Waals surface area contributed by atoms with Crippen LogP contribution in [0, 0.1) is 0 Å².